The SMILES string of the molecule is CCN(CCc1cccs1)C(=O)C(CN)c1ccccc1. The summed E-state index contributed by atoms with van der Waals surface area (Å²) >= 11 is 1.73. The molecule has 0 spiro atoms. The minimum atomic E-state index is -0.241. The topological polar surface area (TPSA) is 46.3 Å². The number of carbonyl (C=O) groups is 1. The number of rotatable bonds is 7. The molecular formula is C17H22N2OS. The molecule has 1 aromatic heterocycles. The number of likely N-dealkylation sites (N-methyl/N-ethyl adjacent to an activating group) is 1. The van der Waals surface area contributed by atoms with Crippen LogP contribution in [0.1, 0.15) is 23.3 Å². The third kappa shape index (κ3) is 4.16. The van der Waals surface area contributed by atoms with Crippen molar-refractivity contribution in [3.63, 3.8) is 0 Å². The molecule has 2 N–H and O–H groups in total. The number of benzene rings is 1. The average molecular weight is 302 g/mol. The van der Waals surface area contributed by atoms with Gasteiger partial charge in [0.05, 0.1) is 5.92 Å². The third-order valence-electron chi connectivity index (χ3n) is 3.64. The first-order valence-electron chi connectivity index (χ1n) is 7.32. The summed E-state index contributed by atoms with van der Waals surface area (Å²) in [6, 6.07) is 14.0. The average Bonchev–Trinajstić information content (AvgIpc) is 3.03. The molecular weight excluding hydrogens is 280 g/mol. The van der Waals surface area contributed by atoms with Crippen molar-refractivity contribution in [1.82, 2.24) is 4.90 Å². The monoisotopic (exact) mass is 302 g/mol. The van der Waals surface area contributed by atoms with Gasteiger partial charge in [-0.3, -0.25) is 4.79 Å². The summed E-state index contributed by atoms with van der Waals surface area (Å²) in [6.07, 6.45) is 0.906. The Hall–Kier alpha value is -1.65. The number of hydrogen-bond donors (Lipinski definition) is 1. The van der Waals surface area contributed by atoms with Gasteiger partial charge in [-0.25, -0.2) is 0 Å². The molecule has 1 amide bonds. The van der Waals surface area contributed by atoms with Gasteiger partial charge < -0.3 is 10.6 Å². The normalized spacial score (nSPS) is 12.1. The molecule has 0 saturated carbocycles. The van der Waals surface area contributed by atoms with Crippen molar-refractivity contribution in [2.75, 3.05) is 19.6 Å². The van der Waals surface area contributed by atoms with E-state index in [1.165, 1.54) is 4.88 Å². The van der Waals surface area contributed by atoms with E-state index in [1.54, 1.807) is 11.3 Å². The van der Waals surface area contributed by atoms with Crippen LogP contribution in [0.4, 0.5) is 0 Å². The number of carbonyl (C=O) groups excluding carboxylic acids is 1. The van der Waals surface area contributed by atoms with Gasteiger partial charge in [0.1, 0.15) is 0 Å². The van der Waals surface area contributed by atoms with Gasteiger partial charge >= 0.3 is 0 Å². The highest BCUT2D eigenvalue weighted by Crippen LogP contribution is 2.18. The van der Waals surface area contributed by atoms with E-state index in [2.05, 4.69) is 11.4 Å². The minimum Gasteiger partial charge on any atom is -0.342 e. The van der Waals surface area contributed by atoms with Crippen molar-refractivity contribution >= 4 is 17.2 Å². The lowest BCUT2D eigenvalue weighted by atomic mass is 9.97. The Balaban J connectivity index is 2.03. The predicted molar refractivity (Wildman–Crippen MR) is 88.5 cm³/mol. The first-order valence-corrected chi connectivity index (χ1v) is 8.20. The maximum Gasteiger partial charge on any atom is 0.231 e. The molecule has 0 bridgehead atoms. The standard InChI is InChI=1S/C17H22N2OS/c1-2-19(11-10-15-9-6-12-21-15)17(20)16(13-18)14-7-4-3-5-8-14/h3-9,12,16H,2,10-11,13,18H2,1H3. The van der Waals surface area contributed by atoms with Crippen molar-refractivity contribution < 1.29 is 4.79 Å². The Labute approximate surface area is 130 Å². The van der Waals surface area contributed by atoms with Crippen LogP contribution in [0.2, 0.25) is 0 Å². The fraction of sp³-hybridized carbons (Fsp3) is 0.353. The quantitative estimate of drug-likeness (QED) is 0.855. The molecule has 112 valence electrons. The van der Waals surface area contributed by atoms with Crippen LogP contribution in [0, 0.1) is 0 Å². The van der Waals surface area contributed by atoms with Crippen molar-refractivity contribution in [2.45, 2.75) is 19.3 Å². The summed E-state index contributed by atoms with van der Waals surface area (Å²) in [6.45, 7) is 3.83. The molecule has 0 fully saturated rings. The molecule has 21 heavy (non-hydrogen) atoms. The molecule has 1 atom stereocenters. The van der Waals surface area contributed by atoms with E-state index in [0.29, 0.717) is 13.1 Å². The first-order chi connectivity index (χ1) is 10.3. The zero-order chi connectivity index (χ0) is 15.1. The van der Waals surface area contributed by atoms with Crippen LogP contribution in [0.15, 0.2) is 47.8 Å². The Kier molecular flexibility index (Phi) is 5.96. The van der Waals surface area contributed by atoms with Crippen LogP contribution >= 0.6 is 11.3 Å². The summed E-state index contributed by atoms with van der Waals surface area (Å²) in [4.78, 5) is 15.9. The lowest BCUT2D eigenvalue weighted by Gasteiger charge is -2.25. The van der Waals surface area contributed by atoms with E-state index < -0.39 is 0 Å². The number of amides is 1. The Morgan fingerprint density at radius 1 is 1.24 bits per heavy atom. The van der Waals surface area contributed by atoms with Crippen molar-refractivity contribution in [2.24, 2.45) is 5.73 Å². The first kappa shape index (κ1) is 15.7. The lowest BCUT2D eigenvalue weighted by Crippen LogP contribution is -2.39. The van der Waals surface area contributed by atoms with E-state index in [9.17, 15) is 4.79 Å². The fourth-order valence-corrected chi connectivity index (χ4v) is 3.11. The molecule has 0 aliphatic heterocycles. The molecule has 0 saturated heterocycles. The summed E-state index contributed by atoms with van der Waals surface area (Å²) in [5.74, 6) is -0.114. The molecule has 2 aromatic rings. The highest BCUT2D eigenvalue weighted by molar-refractivity contribution is 7.09. The van der Waals surface area contributed by atoms with Gasteiger partial charge in [0.25, 0.3) is 0 Å². The summed E-state index contributed by atoms with van der Waals surface area (Å²) < 4.78 is 0. The molecule has 2 rings (SSSR count). The molecule has 0 aliphatic rings. The summed E-state index contributed by atoms with van der Waals surface area (Å²) in [5.41, 5.74) is 6.84. The van der Waals surface area contributed by atoms with Crippen LogP contribution in [-0.2, 0) is 11.2 Å². The Bertz CT molecular complexity index is 539. The number of nitrogens with zero attached hydrogens (tertiary/aromatic N) is 1. The summed E-state index contributed by atoms with van der Waals surface area (Å²) in [5, 5.41) is 2.07. The van der Waals surface area contributed by atoms with Crippen molar-refractivity contribution in [3.05, 3.63) is 58.3 Å². The second kappa shape index (κ2) is 7.96. The van der Waals surface area contributed by atoms with Crippen LogP contribution < -0.4 is 5.73 Å². The number of thiophene rings is 1. The lowest BCUT2D eigenvalue weighted by molar-refractivity contribution is -0.132. The zero-order valence-electron chi connectivity index (χ0n) is 12.4. The molecule has 0 aliphatic carbocycles. The van der Waals surface area contributed by atoms with Crippen LogP contribution in [0.25, 0.3) is 0 Å². The van der Waals surface area contributed by atoms with Gasteiger partial charge in [-0.1, -0.05) is 36.4 Å². The number of nitrogens with two attached hydrogens (primary N) is 1. The smallest absolute Gasteiger partial charge is 0.231 e. The minimum absolute atomic E-state index is 0.128. The van der Waals surface area contributed by atoms with Gasteiger partial charge in [0.2, 0.25) is 5.91 Å². The third-order valence-corrected chi connectivity index (χ3v) is 4.57. The highest BCUT2D eigenvalue weighted by atomic mass is 32.1. The molecule has 3 nitrogen and oxygen atoms in total. The number of hydrogen-bond acceptors (Lipinski definition) is 3. The molecule has 0 radical (unpaired) electrons. The van der Waals surface area contributed by atoms with E-state index >= 15 is 0 Å². The predicted octanol–water partition coefficient (Wildman–Crippen LogP) is 2.88. The van der Waals surface area contributed by atoms with Gasteiger partial charge in [0.15, 0.2) is 0 Å². The molecule has 1 unspecified atom stereocenters. The van der Waals surface area contributed by atoms with Gasteiger partial charge in [-0.05, 0) is 30.4 Å². The van der Waals surface area contributed by atoms with E-state index in [0.717, 1.165) is 18.5 Å². The molecule has 1 heterocycles. The second-order valence-corrected chi connectivity index (χ2v) is 5.98. The van der Waals surface area contributed by atoms with Crippen molar-refractivity contribution in [3.8, 4) is 0 Å². The molecule has 4 heteroatoms. The second-order valence-electron chi connectivity index (χ2n) is 4.95. The van der Waals surface area contributed by atoms with E-state index in [1.807, 2.05) is 48.2 Å². The van der Waals surface area contributed by atoms with Crippen molar-refractivity contribution in [1.29, 1.82) is 0 Å². The Morgan fingerprint density at radius 3 is 2.57 bits per heavy atom. The van der Waals surface area contributed by atoms with Gasteiger partial charge in [-0.15, -0.1) is 11.3 Å². The fourth-order valence-electron chi connectivity index (χ4n) is 2.41. The van der Waals surface area contributed by atoms with E-state index in [-0.39, 0.29) is 11.8 Å². The van der Waals surface area contributed by atoms with Gasteiger partial charge in [-0.2, -0.15) is 0 Å². The highest BCUT2D eigenvalue weighted by Gasteiger charge is 2.23. The zero-order valence-corrected chi connectivity index (χ0v) is 13.2. The summed E-state index contributed by atoms with van der Waals surface area (Å²) in [7, 11) is 0. The van der Waals surface area contributed by atoms with Crippen LogP contribution in [-0.4, -0.2) is 30.4 Å². The van der Waals surface area contributed by atoms with Crippen LogP contribution in [0.5, 0.6) is 0 Å². The maximum absolute atomic E-state index is 12.7. The van der Waals surface area contributed by atoms with Gasteiger partial charge in [0, 0.05) is 24.5 Å². The van der Waals surface area contributed by atoms with E-state index in [4.69, 9.17) is 5.73 Å². The largest absolute Gasteiger partial charge is 0.342 e. The maximum atomic E-state index is 12.7. The molecule has 1 aromatic carbocycles. The Morgan fingerprint density at radius 2 is 2.00 bits per heavy atom. The van der Waals surface area contributed by atoms with Crippen LogP contribution in [0.3, 0.4) is 0 Å².